The summed E-state index contributed by atoms with van der Waals surface area (Å²) in [6.45, 7) is 6.11. The molecule has 0 radical (unpaired) electrons. The number of rotatable bonds is 7. The van der Waals surface area contributed by atoms with Gasteiger partial charge in [0.25, 0.3) is 5.91 Å². The molecule has 0 aliphatic rings. The maximum absolute atomic E-state index is 12.8. The van der Waals surface area contributed by atoms with Crippen LogP contribution in [-0.4, -0.2) is 12.5 Å². The monoisotopic (exact) mass is 451 g/mol. The maximum atomic E-state index is 12.8. The van der Waals surface area contributed by atoms with Crippen molar-refractivity contribution in [1.29, 1.82) is 10.5 Å². The summed E-state index contributed by atoms with van der Waals surface area (Å²) in [5.74, 6) is 0.676. The van der Waals surface area contributed by atoms with Crippen LogP contribution in [0.3, 0.4) is 0 Å². The van der Waals surface area contributed by atoms with E-state index < -0.39 is 0 Å². The van der Waals surface area contributed by atoms with Gasteiger partial charge in [0.15, 0.2) is 0 Å². The Labute approximate surface area is 199 Å². The molecule has 0 aliphatic heterocycles. The maximum Gasteiger partial charge on any atom is 0.255 e. The van der Waals surface area contributed by atoms with Gasteiger partial charge in [-0.15, -0.1) is 0 Å². The molecule has 3 rings (SSSR count). The molecule has 0 aromatic heterocycles. The first-order valence-electron chi connectivity index (χ1n) is 10.7. The van der Waals surface area contributed by atoms with E-state index in [9.17, 15) is 4.79 Å². The minimum absolute atomic E-state index is 0.294. The molecule has 7 heteroatoms. The first-order valence-corrected chi connectivity index (χ1v) is 10.7. The molecule has 4 N–H and O–H groups in total. The molecule has 0 atom stereocenters. The Morgan fingerprint density at radius 2 is 1.76 bits per heavy atom. The summed E-state index contributed by atoms with van der Waals surface area (Å²) in [5, 5.41) is 23.8. The van der Waals surface area contributed by atoms with Gasteiger partial charge < -0.3 is 21.1 Å². The normalized spacial score (nSPS) is 10.4. The van der Waals surface area contributed by atoms with Gasteiger partial charge in [0.1, 0.15) is 11.5 Å². The SMILES string of the molecule is CCNC(=O)c1cc(N)c(Nc2ccc(C#N)cc2)cc1Oc1c(C)cc(/C=C/C#N)cc1C. The number of allylic oxidation sites excluding steroid dienone is 1. The Bertz CT molecular complexity index is 1310. The summed E-state index contributed by atoms with van der Waals surface area (Å²) in [5.41, 5.74) is 11.4. The van der Waals surface area contributed by atoms with E-state index in [1.165, 1.54) is 6.08 Å². The Morgan fingerprint density at radius 3 is 2.35 bits per heavy atom. The molecule has 0 aliphatic carbocycles. The first kappa shape index (κ1) is 23.9. The fourth-order valence-corrected chi connectivity index (χ4v) is 3.49. The number of nitrogens with one attached hydrogen (secondary N) is 2. The highest BCUT2D eigenvalue weighted by Gasteiger charge is 2.18. The predicted octanol–water partition coefficient (Wildman–Crippen LogP) is 5.58. The lowest BCUT2D eigenvalue weighted by Crippen LogP contribution is -2.23. The largest absolute Gasteiger partial charge is 0.456 e. The minimum Gasteiger partial charge on any atom is -0.456 e. The molecule has 3 aromatic rings. The standard InChI is InChI=1S/C27H25N5O2/c1-4-31-27(33)22-14-23(30)24(32-21-9-7-19(16-29)8-10-21)15-25(22)34-26-17(2)12-20(6-5-11-28)13-18(26)3/h5-10,12-15,32H,4,30H2,1-3H3,(H,31,33)/b6-5+. The number of hydrogen-bond acceptors (Lipinski definition) is 6. The molecule has 0 unspecified atom stereocenters. The number of nitrogen functional groups attached to an aromatic ring is 1. The van der Waals surface area contributed by atoms with Crippen molar-refractivity contribution in [2.24, 2.45) is 0 Å². The molecule has 1 amide bonds. The molecule has 170 valence electrons. The molecule has 0 fully saturated rings. The fourth-order valence-electron chi connectivity index (χ4n) is 3.49. The van der Waals surface area contributed by atoms with Crippen molar-refractivity contribution in [2.75, 3.05) is 17.6 Å². The van der Waals surface area contributed by atoms with E-state index in [4.69, 9.17) is 21.0 Å². The van der Waals surface area contributed by atoms with Gasteiger partial charge in [0, 0.05) is 24.4 Å². The van der Waals surface area contributed by atoms with Gasteiger partial charge in [0.05, 0.1) is 34.6 Å². The smallest absolute Gasteiger partial charge is 0.255 e. The van der Waals surface area contributed by atoms with E-state index in [1.807, 2.05) is 39.0 Å². The van der Waals surface area contributed by atoms with Crippen molar-refractivity contribution in [3.8, 4) is 23.6 Å². The van der Waals surface area contributed by atoms with Crippen LogP contribution >= 0.6 is 0 Å². The van der Waals surface area contributed by atoms with Crippen LogP contribution in [0.15, 0.2) is 54.6 Å². The van der Waals surface area contributed by atoms with E-state index in [0.717, 1.165) is 22.4 Å². The third-order valence-electron chi connectivity index (χ3n) is 5.07. The van der Waals surface area contributed by atoms with Crippen molar-refractivity contribution in [3.05, 3.63) is 82.4 Å². The minimum atomic E-state index is -0.294. The van der Waals surface area contributed by atoms with Crippen LogP contribution in [0, 0.1) is 36.5 Å². The van der Waals surface area contributed by atoms with Gasteiger partial charge in [-0.25, -0.2) is 0 Å². The molecule has 34 heavy (non-hydrogen) atoms. The Hall–Kier alpha value is -4.75. The van der Waals surface area contributed by atoms with Crippen LogP contribution < -0.4 is 21.1 Å². The van der Waals surface area contributed by atoms with Crippen LogP contribution in [0.4, 0.5) is 17.1 Å². The van der Waals surface area contributed by atoms with Gasteiger partial charge in [-0.1, -0.05) is 0 Å². The number of nitrogens with two attached hydrogens (primary N) is 1. The number of aryl methyl sites for hydroxylation is 2. The van der Waals surface area contributed by atoms with Gasteiger partial charge in [-0.2, -0.15) is 10.5 Å². The fraction of sp³-hybridized carbons (Fsp3) is 0.148. The second-order valence-electron chi connectivity index (χ2n) is 7.66. The number of anilines is 3. The van der Waals surface area contributed by atoms with Crippen molar-refractivity contribution in [3.63, 3.8) is 0 Å². The average molecular weight is 452 g/mol. The molecule has 3 aromatic carbocycles. The van der Waals surface area contributed by atoms with Crippen molar-refractivity contribution >= 4 is 29.0 Å². The van der Waals surface area contributed by atoms with Crippen molar-refractivity contribution in [1.82, 2.24) is 5.32 Å². The van der Waals surface area contributed by atoms with Gasteiger partial charge in [0.2, 0.25) is 0 Å². The summed E-state index contributed by atoms with van der Waals surface area (Å²) in [4.78, 5) is 12.8. The van der Waals surface area contributed by atoms with E-state index in [0.29, 0.717) is 40.5 Å². The molecule has 0 heterocycles. The molecule has 0 saturated heterocycles. The van der Waals surface area contributed by atoms with E-state index >= 15 is 0 Å². The second-order valence-corrected chi connectivity index (χ2v) is 7.66. The highest BCUT2D eigenvalue weighted by Crippen LogP contribution is 2.37. The summed E-state index contributed by atoms with van der Waals surface area (Å²) in [6.07, 6.45) is 3.15. The highest BCUT2D eigenvalue weighted by molar-refractivity contribution is 5.99. The van der Waals surface area contributed by atoms with Crippen LogP contribution in [-0.2, 0) is 0 Å². The van der Waals surface area contributed by atoms with Crippen LogP contribution in [0.1, 0.15) is 39.5 Å². The van der Waals surface area contributed by atoms with Crippen LogP contribution in [0.25, 0.3) is 6.08 Å². The van der Waals surface area contributed by atoms with Crippen molar-refractivity contribution < 1.29 is 9.53 Å². The summed E-state index contributed by atoms with van der Waals surface area (Å²) < 4.78 is 6.28. The van der Waals surface area contributed by atoms with Crippen molar-refractivity contribution in [2.45, 2.75) is 20.8 Å². The van der Waals surface area contributed by atoms with Crippen LogP contribution in [0.5, 0.6) is 11.5 Å². The molecular weight excluding hydrogens is 426 g/mol. The van der Waals surface area contributed by atoms with E-state index in [2.05, 4.69) is 16.7 Å². The van der Waals surface area contributed by atoms with E-state index in [1.54, 1.807) is 42.5 Å². The molecule has 7 nitrogen and oxygen atoms in total. The lowest BCUT2D eigenvalue weighted by Gasteiger charge is -2.18. The predicted molar refractivity (Wildman–Crippen MR) is 134 cm³/mol. The molecule has 0 saturated carbocycles. The second kappa shape index (κ2) is 10.7. The Balaban J connectivity index is 2.04. The topological polar surface area (TPSA) is 124 Å². The number of amides is 1. The number of carbonyl (C=O) groups excluding carboxylic acids is 1. The summed E-state index contributed by atoms with van der Waals surface area (Å²) in [6, 6.07) is 18.1. The third kappa shape index (κ3) is 5.53. The number of benzene rings is 3. The van der Waals surface area contributed by atoms with Gasteiger partial charge >= 0.3 is 0 Å². The van der Waals surface area contributed by atoms with Gasteiger partial charge in [-0.05, 0) is 86.0 Å². The zero-order chi connectivity index (χ0) is 24.7. The summed E-state index contributed by atoms with van der Waals surface area (Å²) in [7, 11) is 0. The first-order chi connectivity index (χ1) is 16.4. The number of nitrogens with zero attached hydrogens (tertiary/aromatic N) is 2. The highest BCUT2D eigenvalue weighted by atomic mass is 16.5. The molecule has 0 spiro atoms. The van der Waals surface area contributed by atoms with Gasteiger partial charge in [-0.3, -0.25) is 4.79 Å². The molecular formula is C27H25N5O2. The molecule has 0 bridgehead atoms. The zero-order valence-electron chi connectivity index (χ0n) is 19.3. The number of ether oxygens (including phenoxy) is 1. The Morgan fingerprint density at radius 1 is 1.09 bits per heavy atom. The lowest BCUT2D eigenvalue weighted by molar-refractivity contribution is 0.0953. The number of carbonyl (C=O) groups is 1. The number of hydrogen-bond donors (Lipinski definition) is 3. The lowest BCUT2D eigenvalue weighted by atomic mass is 10.0. The summed E-state index contributed by atoms with van der Waals surface area (Å²) >= 11 is 0. The quantitative estimate of drug-likeness (QED) is 0.318. The Kier molecular flexibility index (Phi) is 7.53. The van der Waals surface area contributed by atoms with E-state index in [-0.39, 0.29) is 5.91 Å². The average Bonchev–Trinajstić information content (AvgIpc) is 2.82. The van der Waals surface area contributed by atoms with Crippen LogP contribution in [0.2, 0.25) is 0 Å². The third-order valence-corrected chi connectivity index (χ3v) is 5.07. The zero-order valence-corrected chi connectivity index (χ0v) is 19.3. The number of nitriles is 2.